The number of hydrogen-bond acceptors (Lipinski definition) is 3. The zero-order chi connectivity index (χ0) is 17.9. The lowest BCUT2D eigenvalue weighted by molar-refractivity contribution is 0.0793. The topological polar surface area (TPSA) is 35.6 Å². The molecule has 1 fully saturated rings. The van der Waals surface area contributed by atoms with Crippen molar-refractivity contribution in [3.05, 3.63) is 47.5 Å². The molecule has 1 heterocycles. The predicted octanol–water partition coefficient (Wildman–Crippen LogP) is 3.33. The number of amides is 1. The van der Waals surface area contributed by atoms with E-state index in [4.69, 9.17) is 0 Å². The molecular weight excluding hydrogens is 298 g/mol. The lowest BCUT2D eigenvalue weighted by atomic mass is 10.0. The Hall–Kier alpha value is -1.65. The van der Waals surface area contributed by atoms with E-state index >= 15 is 0 Å². The lowest BCUT2D eigenvalue weighted by Crippen LogP contribution is -2.29. The van der Waals surface area contributed by atoms with E-state index < -0.39 is 0 Å². The number of allylic oxidation sites excluding steroid dienone is 2. The molecule has 0 aliphatic carbocycles. The second-order valence-corrected chi connectivity index (χ2v) is 6.33. The van der Waals surface area contributed by atoms with Crippen molar-refractivity contribution in [3.8, 4) is 0 Å². The summed E-state index contributed by atoms with van der Waals surface area (Å²) in [7, 11) is 6.11. The predicted molar refractivity (Wildman–Crippen MR) is 102 cm³/mol. The number of likely N-dealkylation sites (tertiary alicyclic amines) is 1. The Morgan fingerprint density at radius 3 is 2.12 bits per heavy atom. The molecule has 1 aliphatic heterocycles. The molecule has 1 aliphatic rings. The van der Waals surface area contributed by atoms with Gasteiger partial charge in [-0.25, -0.2) is 0 Å². The van der Waals surface area contributed by atoms with Crippen LogP contribution >= 0.6 is 0 Å². The molecule has 0 spiro atoms. The van der Waals surface area contributed by atoms with Crippen molar-refractivity contribution in [2.75, 3.05) is 40.8 Å². The van der Waals surface area contributed by atoms with Crippen LogP contribution in [0.3, 0.4) is 0 Å². The summed E-state index contributed by atoms with van der Waals surface area (Å²) in [6.07, 6.45) is 6.27. The maximum atomic E-state index is 12.3. The van der Waals surface area contributed by atoms with Gasteiger partial charge in [-0.1, -0.05) is 24.3 Å². The van der Waals surface area contributed by atoms with Gasteiger partial charge in [0, 0.05) is 31.2 Å². The van der Waals surface area contributed by atoms with Gasteiger partial charge in [0.1, 0.15) is 0 Å². The second kappa shape index (κ2) is 11.0. The summed E-state index contributed by atoms with van der Waals surface area (Å²) in [5.41, 5.74) is 2.04. The number of carbonyl (C=O) groups is 1. The SMILES string of the molecule is C/C=C\C.CNCC(c1ccc(C(=O)N2CCCC2)cc1)N(C)C. The quantitative estimate of drug-likeness (QED) is 0.841. The number of carbonyl (C=O) groups excluding carboxylic acids is 1. The minimum atomic E-state index is 0.170. The maximum absolute atomic E-state index is 12.3. The molecule has 0 saturated carbocycles. The van der Waals surface area contributed by atoms with Crippen molar-refractivity contribution in [1.82, 2.24) is 15.1 Å². The average Bonchev–Trinajstić information content (AvgIpc) is 3.14. The fraction of sp³-hybridized carbons (Fsp3) is 0.550. The van der Waals surface area contributed by atoms with Crippen molar-refractivity contribution in [2.45, 2.75) is 32.7 Å². The zero-order valence-corrected chi connectivity index (χ0v) is 15.9. The van der Waals surface area contributed by atoms with Crippen LogP contribution in [0, 0.1) is 0 Å². The van der Waals surface area contributed by atoms with Crippen molar-refractivity contribution in [3.63, 3.8) is 0 Å². The molecule has 1 aromatic carbocycles. The van der Waals surface area contributed by atoms with Crippen LogP contribution < -0.4 is 5.32 Å². The van der Waals surface area contributed by atoms with Gasteiger partial charge in [0.05, 0.1) is 0 Å². The van der Waals surface area contributed by atoms with Crippen LogP contribution in [-0.4, -0.2) is 56.5 Å². The van der Waals surface area contributed by atoms with E-state index in [1.54, 1.807) is 0 Å². The van der Waals surface area contributed by atoms with Gasteiger partial charge in [-0.15, -0.1) is 0 Å². The Morgan fingerprint density at radius 1 is 1.17 bits per heavy atom. The molecule has 1 aromatic rings. The molecule has 1 atom stereocenters. The van der Waals surface area contributed by atoms with Gasteiger partial charge >= 0.3 is 0 Å². The van der Waals surface area contributed by atoms with Crippen LogP contribution in [0.4, 0.5) is 0 Å². The molecule has 2 rings (SSSR count). The summed E-state index contributed by atoms with van der Waals surface area (Å²) in [5.74, 6) is 0.170. The molecule has 4 heteroatoms. The van der Waals surface area contributed by atoms with Crippen molar-refractivity contribution in [1.29, 1.82) is 0 Å². The molecule has 0 radical (unpaired) electrons. The van der Waals surface area contributed by atoms with Crippen LogP contribution in [0.1, 0.15) is 48.7 Å². The van der Waals surface area contributed by atoms with Crippen molar-refractivity contribution in [2.24, 2.45) is 0 Å². The molecule has 24 heavy (non-hydrogen) atoms. The van der Waals surface area contributed by atoms with Crippen LogP contribution in [0.5, 0.6) is 0 Å². The Bertz CT molecular complexity index is 498. The van der Waals surface area contributed by atoms with Crippen LogP contribution in [0.25, 0.3) is 0 Å². The third-order valence-electron chi connectivity index (χ3n) is 4.29. The number of rotatable bonds is 5. The Balaban J connectivity index is 0.000000648. The standard InChI is InChI=1S/C16H25N3O.C4H8/c1-17-12-15(18(2)3)13-6-8-14(9-7-13)16(20)19-10-4-5-11-19;1-3-4-2/h6-9,15,17H,4-5,10-12H2,1-3H3;3-4H,1-2H3/b;4-3-. The van der Waals surface area contributed by atoms with E-state index in [2.05, 4.69) is 36.4 Å². The number of benzene rings is 1. The normalized spacial score (nSPS) is 15.5. The Morgan fingerprint density at radius 2 is 1.71 bits per heavy atom. The highest BCUT2D eigenvalue weighted by atomic mass is 16.2. The Labute approximate surface area is 147 Å². The molecule has 1 unspecified atom stereocenters. The average molecular weight is 332 g/mol. The number of nitrogens with one attached hydrogen (secondary N) is 1. The smallest absolute Gasteiger partial charge is 0.253 e. The summed E-state index contributed by atoms with van der Waals surface area (Å²) in [4.78, 5) is 16.4. The molecule has 1 N–H and O–H groups in total. The summed E-state index contributed by atoms with van der Waals surface area (Å²) in [6.45, 7) is 6.70. The van der Waals surface area contributed by atoms with E-state index in [0.29, 0.717) is 6.04 Å². The van der Waals surface area contributed by atoms with E-state index in [0.717, 1.165) is 38.0 Å². The van der Waals surface area contributed by atoms with Gasteiger partial charge in [0.15, 0.2) is 0 Å². The molecule has 4 nitrogen and oxygen atoms in total. The Kier molecular flexibility index (Phi) is 9.35. The molecular formula is C20H33N3O. The first-order valence-electron chi connectivity index (χ1n) is 8.82. The van der Waals surface area contributed by atoms with Gasteiger partial charge in [0.2, 0.25) is 0 Å². The van der Waals surface area contributed by atoms with Gasteiger partial charge in [-0.2, -0.15) is 0 Å². The van der Waals surface area contributed by atoms with Crippen molar-refractivity contribution >= 4 is 5.91 Å². The highest BCUT2D eigenvalue weighted by molar-refractivity contribution is 5.94. The van der Waals surface area contributed by atoms with Crippen molar-refractivity contribution < 1.29 is 4.79 Å². The summed E-state index contributed by atoms with van der Waals surface area (Å²) < 4.78 is 0. The summed E-state index contributed by atoms with van der Waals surface area (Å²) in [5, 5.41) is 3.21. The van der Waals surface area contributed by atoms with Gasteiger partial charge in [-0.3, -0.25) is 4.79 Å². The zero-order valence-electron chi connectivity index (χ0n) is 15.9. The highest BCUT2D eigenvalue weighted by Crippen LogP contribution is 2.19. The molecule has 1 amide bonds. The van der Waals surface area contributed by atoms with E-state index in [-0.39, 0.29) is 5.91 Å². The van der Waals surface area contributed by atoms with Crippen LogP contribution in [0.15, 0.2) is 36.4 Å². The largest absolute Gasteiger partial charge is 0.339 e. The van der Waals surface area contributed by atoms with E-state index in [9.17, 15) is 4.79 Å². The minimum Gasteiger partial charge on any atom is -0.339 e. The monoisotopic (exact) mass is 331 g/mol. The molecule has 134 valence electrons. The van der Waals surface area contributed by atoms with Gasteiger partial charge in [-0.05, 0) is 65.5 Å². The lowest BCUT2D eigenvalue weighted by Gasteiger charge is -2.25. The molecule has 0 bridgehead atoms. The van der Waals surface area contributed by atoms with Crippen LogP contribution in [-0.2, 0) is 0 Å². The second-order valence-electron chi connectivity index (χ2n) is 6.33. The van der Waals surface area contributed by atoms with Crippen LogP contribution in [0.2, 0.25) is 0 Å². The summed E-state index contributed by atoms with van der Waals surface area (Å²) in [6, 6.07) is 8.40. The number of likely N-dealkylation sites (N-methyl/N-ethyl adjacent to an activating group) is 2. The first-order chi connectivity index (χ1) is 11.5. The minimum absolute atomic E-state index is 0.170. The summed E-state index contributed by atoms with van der Waals surface area (Å²) >= 11 is 0. The van der Waals surface area contributed by atoms with E-state index in [1.165, 1.54) is 5.56 Å². The fourth-order valence-corrected chi connectivity index (χ4v) is 2.74. The van der Waals surface area contributed by atoms with Gasteiger partial charge < -0.3 is 15.1 Å². The maximum Gasteiger partial charge on any atom is 0.253 e. The first kappa shape index (κ1) is 20.4. The molecule has 1 saturated heterocycles. The third kappa shape index (κ3) is 6.10. The van der Waals surface area contributed by atoms with E-state index in [1.807, 2.05) is 50.1 Å². The number of hydrogen-bond donors (Lipinski definition) is 1. The molecule has 0 aromatic heterocycles. The highest BCUT2D eigenvalue weighted by Gasteiger charge is 2.20. The fourth-order valence-electron chi connectivity index (χ4n) is 2.74. The van der Waals surface area contributed by atoms with Gasteiger partial charge in [0.25, 0.3) is 5.91 Å². The first-order valence-corrected chi connectivity index (χ1v) is 8.82. The number of nitrogens with zero attached hydrogens (tertiary/aromatic N) is 2. The third-order valence-corrected chi connectivity index (χ3v) is 4.29.